The van der Waals surface area contributed by atoms with Gasteiger partial charge in [-0.25, -0.2) is 0 Å². The Labute approximate surface area is 110 Å². The first-order valence-electron chi connectivity index (χ1n) is 7.21. The van der Waals surface area contributed by atoms with Crippen molar-refractivity contribution in [2.75, 3.05) is 6.61 Å². The standard InChI is InChI=1S/C15H25NO2/c1-2-13(16)15(14-9-6-10-17-14)18-11-12-7-4-3-5-8-12/h6,9-10,12-13,15H,2-5,7-8,11,16H2,1H3. The summed E-state index contributed by atoms with van der Waals surface area (Å²) in [5.41, 5.74) is 6.14. The molecule has 0 bridgehead atoms. The molecule has 1 saturated carbocycles. The van der Waals surface area contributed by atoms with Gasteiger partial charge in [-0.3, -0.25) is 0 Å². The van der Waals surface area contributed by atoms with Gasteiger partial charge in [0, 0.05) is 6.04 Å². The first-order valence-corrected chi connectivity index (χ1v) is 7.21. The molecular weight excluding hydrogens is 226 g/mol. The first kappa shape index (κ1) is 13.6. The van der Waals surface area contributed by atoms with Crippen molar-refractivity contribution in [3.8, 4) is 0 Å². The largest absolute Gasteiger partial charge is 0.467 e. The maximum Gasteiger partial charge on any atom is 0.134 e. The monoisotopic (exact) mass is 251 g/mol. The molecule has 3 nitrogen and oxygen atoms in total. The third-order valence-electron chi connectivity index (χ3n) is 3.92. The average molecular weight is 251 g/mol. The molecule has 1 heterocycles. The fraction of sp³-hybridized carbons (Fsp3) is 0.733. The normalized spacial score (nSPS) is 20.8. The van der Waals surface area contributed by atoms with Crippen LogP contribution in [0.1, 0.15) is 57.3 Å². The van der Waals surface area contributed by atoms with Crippen LogP contribution in [0.5, 0.6) is 0 Å². The third kappa shape index (κ3) is 3.59. The first-order chi connectivity index (χ1) is 8.81. The molecule has 0 saturated heterocycles. The topological polar surface area (TPSA) is 48.4 Å². The van der Waals surface area contributed by atoms with Crippen LogP contribution in [0.3, 0.4) is 0 Å². The molecule has 102 valence electrons. The van der Waals surface area contributed by atoms with E-state index >= 15 is 0 Å². The van der Waals surface area contributed by atoms with Crippen LogP contribution in [-0.2, 0) is 4.74 Å². The Morgan fingerprint density at radius 2 is 2.17 bits per heavy atom. The highest BCUT2D eigenvalue weighted by Crippen LogP contribution is 2.28. The molecule has 1 aliphatic carbocycles. The lowest BCUT2D eigenvalue weighted by Gasteiger charge is -2.26. The van der Waals surface area contributed by atoms with E-state index in [9.17, 15) is 0 Å². The van der Waals surface area contributed by atoms with Crippen LogP contribution in [0.2, 0.25) is 0 Å². The molecule has 1 aromatic heterocycles. The van der Waals surface area contributed by atoms with Gasteiger partial charge in [-0.2, -0.15) is 0 Å². The maximum absolute atomic E-state index is 6.14. The molecular formula is C15H25NO2. The van der Waals surface area contributed by atoms with Crippen LogP contribution in [0.25, 0.3) is 0 Å². The number of furan rings is 1. The van der Waals surface area contributed by atoms with Gasteiger partial charge in [0.05, 0.1) is 12.9 Å². The summed E-state index contributed by atoms with van der Waals surface area (Å²) in [5, 5.41) is 0. The molecule has 2 atom stereocenters. The van der Waals surface area contributed by atoms with Crippen LogP contribution in [-0.4, -0.2) is 12.6 Å². The van der Waals surface area contributed by atoms with Crippen molar-refractivity contribution in [2.45, 2.75) is 57.6 Å². The summed E-state index contributed by atoms with van der Waals surface area (Å²) in [5.74, 6) is 1.57. The van der Waals surface area contributed by atoms with Crippen molar-refractivity contribution in [2.24, 2.45) is 11.7 Å². The van der Waals surface area contributed by atoms with E-state index in [0.717, 1.165) is 18.8 Å². The fourth-order valence-corrected chi connectivity index (χ4v) is 2.68. The van der Waals surface area contributed by atoms with Crippen LogP contribution >= 0.6 is 0 Å². The van der Waals surface area contributed by atoms with E-state index in [2.05, 4.69) is 6.92 Å². The highest BCUT2D eigenvalue weighted by Gasteiger charge is 2.24. The van der Waals surface area contributed by atoms with Crippen molar-refractivity contribution < 1.29 is 9.15 Å². The summed E-state index contributed by atoms with van der Waals surface area (Å²) < 4.78 is 11.5. The van der Waals surface area contributed by atoms with Crippen LogP contribution < -0.4 is 5.73 Å². The molecule has 1 aromatic rings. The minimum Gasteiger partial charge on any atom is -0.467 e. The van der Waals surface area contributed by atoms with Gasteiger partial charge in [0.1, 0.15) is 11.9 Å². The second-order valence-electron chi connectivity index (χ2n) is 5.35. The highest BCUT2D eigenvalue weighted by molar-refractivity contribution is 5.05. The minimum atomic E-state index is -0.0908. The Morgan fingerprint density at radius 3 is 2.78 bits per heavy atom. The quantitative estimate of drug-likeness (QED) is 0.839. The number of hydrogen-bond acceptors (Lipinski definition) is 3. The summed E-state index contributed by atoms with van der Waals surface area (Å²) in [6.07, 6.45) is 9.17. The molecule has 0 amide bonds. The Morgan fingerprint density at radius 1 is 1.39 bits per heavy atom. The van der Waals surface area contributed by atoms with Gasteiger partial charge in [-0.1, -0.05) is 26.2 Å². The summed E-state index contributed by atoms with van der Waals surface area (Å²) in [4.78, 5) is 0. The predicted molar refractivity (Wildman–Crippen MR) is 72.2 cm³/mol. The summed E-state index contributed by atoms with van der Waals surface area (Å²) in [6, 6.07) is 3.87. The third-order valence-corrected chi connectivity index (χ3v) is 3.92. The van der Waals surface area contributed by atoms with E-state index in [4.69, 9.17) is 14.9 Å². The predicted octanol–water partition coefficient (Wildman–Crippen LogP) is 3.65. The van der Waals surface area contributed by atoms with Crippen LogP contribution in [0.15, 0.2) is 22.8 Å². The molecule has 18 heavy (non-hydrogen) atoms. The molecule has 3 heteroatoms. The molecule has 2 N–H and O–H groups in total. The second-order valence-corrected chi connectivity index (χ2v) is 5.35. The molecule has 2 unspecified atom stereocenters. The van der Waals surface area contributed by atoms with Crippen LogP contribution in [0, 0.1) is 5.92 Å². The zero-order valence-electron chi connectivity index (χ0n) is 11.3. The molecule has 0 spiro atoms. The molecule has 1 fully saturated rings. The maximum atomic E-state index is 6.14. The Hall–Kier alpha value is -0.800. The molecule has 0 radical (unpaired) electrons. The molecule has 1 aliphatic rings. The SMILES string of the molecule is CCC(N)C(OCC1CCCCC1)c1ccco1. The number of hydrogen-bond donors (Lipinski definition) is 1. The van der Waals surface area contributed by atoms with E-state index < -0.39 is 0 Å². The minimum absolute atomic E-state index is 0.0136. The lowest BCUT2D eigenvalue weighted by molar-refractivity contribution is -0.00719. The zero-order valence-corrected chi connectivity index (χ0v) is 11.3. The van der Waals surface area contributed by atoms with Gasteiger partial charge >= 0.3 is 0 Å². The van der Waals surface area contributed by atoms with Gasteiger partial charge in [0.25, 0.3) is 0 Å². The van der Waals surface area contributed by atoms with Gasteiger partial charge in [0.2, 0.25) is 0 Å². The highest BCUT2D eigenvalue weighted by atomic mass is 16.5. The summed E-state index contributed by atoms with van der Waals surface area (Å²) >= 11 is 0. The lowest BCUT2D eigenvalue weighted by Crippen LogP contribution is -2.30. The van der Waals surface area contributed by atoms with Gasteiger partial charge in [-0.15, -0.1) is 0 Å². The van der Waals surface area contributed by atoms with Gasteiger partial charge in [0.15, 0.2) is 0 Å². The number of nitrogens with two attached hydrogens (primary N) is 1. The van der Waals surface area contributed by atoms with Crippen molar-refractivity contribution >= 4 is 0 Å². The molecule has 2 rings (SSSR count). The lowest BCUT2D eigenvalue weighted by atomic mass is 9.90. The smallest absolute Gasteiger partial charge is 0.134 e. The summed E-state index contributed by atoms with van der Waals surface area (Å²) in [7, 11) is 0. The van der Waals surface area contributed by atoms with E-state index in [0.29, 0.717) is 5.92 Å². The van der Waals surface area contributed by atoms with Crippen molar-refractivity contribution in [1.82, 2.24) is 0 Å². The van der Waals surface area contributed by atoms with Crippen molar-refractivity contribution in [3.63, 3.8) is 0 Å². The van der Waals surface area contributed by atoms with E-state index in [-0.39, 0.29) is 12.1 Å². The summed E-state index contributed by atoms with van der Waals surface area (Å²) in [6.45, 7) is 2.91. The zero-order chi connectivity index (χ0) is 12.8. The average Bonchev–Trinajstić information content (AvgIpc) is 2.94. The number of rotatable bonds is 6. The van der Waals surface area contributed by atoms with Crippen molar-refractivity contribution in [1.29, 1.82) is 0 Å². The molecule has 0 aliphatic heterocycles. The number of ether oxygens (including phenoxy) is 1. The van der Waals surface area contributed by atoms with Crippen LogP contribution in [0.4, 0.5) is 0 Å². The fourth-order valence-electron chi connectivity index (χ4n) is 2.68. The Kier molecular flexibility index (Phi) is 5.26. The Bertz CT molecular complexity index is 317. The second kappa shape index (κ2) is 6.95. The van der Waals surface area contributed by atoms with Gasteiger partial charge in [-0.05, 0) is 37.3 Å². The Balaban J connectivity index is 1.89. The van der Waals surface area contributed by atoms with E-state index in [1.54, 1.807) is 6.26 Å². The van der Waals surface area contributed by atoms with Crippen molar-refractivity contribution in [3.05, 3.63) is 24.2 Å². The van der Waals surface area contributed by atoms with Gasteiger partial charge < -0.3 is 14.9 Å². The molecule has 0 aromatic carbocycles. The van der Waals surface area contributed by atoms with E-state index in [1.807, 2.05) is 12.1 Å². The van der Waals surface area contributed by atoms with E-state index in [1.165, 1.54) is 32.1 Å².